The molecule has 238 valence electrons. The summed E-state index contributed by atoms with van der Waals surface area (Å²) in [6.45, 7) is -0.0391. The molecule has 1 saturated carbocycles. The van der Waals surface area contributed by atoms with Crippen LogP contribution in [-0.2, 0) is 22.7 Å². The van der Waals surface area contributed by atoms with E-state index in [9.17, 15) is 24.9 Å². The Balaban J connectivity index is 1.50. The number of aliphatic hydroxyl groups is 3. The van der Waals surface area contributed by atoms with Crippen LogP contribution in [0.3, 0.4) is 0 Å². The predicted octanol–water partition coefficient (Wildman–Crippen LogP) is 3.05. The molecular weight excluding hydrogens is 683 g/mol. The molecule has 1 aliphatic heterocycles. The molecule has 2 amide bonds. The summed E-state index contributed by atoms with van der Waals surface area (Å²) in [5.41, 5.74) is 1.77. The van der Waals surface area contributed by atoms with Gasteiger partial charge in [0, 0.05) is 31.5 Å². The minimum atomic E-state index is -1.19. The van der Waals surface area contributed by atoms with Crippen molar-refractivity contribution < 1.29 is 43.9 Å². The van der Waals surface area contributed by atoms with Gasteiger partial charge in [0.1, 0.15) is 12.2 Å². The molecule has 2 aromatic rings. The van der Waals surface area contributed by atoms with Gasteiger partial charge < -0.3 is 44.5 Å². The van der Waals surface area contributed by atoms with Crippen LogP contribution in [-0.4, -0.2) is 77.3 Å². The third-order valence-corrected chi connectivity index (χ3v) is 9.19. The molecule has 44 heavy (non-hydrogen) atoms. The molecule has 0 radical (unpaired) electrons. The van der Waals surface area contributed by atoms with Gasteiger partial charge in [0.25, 0.3) is 0 Å². The first-order chi connectivity index (χ1) is 21.3. The fourth-order valence-corrected chi connectivity index (χ4v) is 6.89. The lowest BCUT2D eigenvalue weighted by Gasteiger charge is -2.41. The van der Waals surface area contributed by atoms with Crippen LogP contribution in [0.15, 0.2) is 42.0 Å². The fourth-order valence-electron chi connectivity index (χ4n) is 6.10. The van der Waals surface area contributed by atoms with Crippen molar-refractivity contribution in [3.8, 4) is 23.0 Å². The number of carbonyl (C=O) groups excluding carboxylic acids is 2. The molecular formula is C32H39IN2O9. The third-order valence-electron chi connectivity index (χ3n) is 8.39. The second-order valence-electron chi connectivity index (χ2n) is 11.3. The van der Waals surface area contributed by atoms with Crippen molar-refractivity contribution in [1.29, 1.82) is 0 Å². The monoisotopic (exact) mass is 722 g/mol. The Bertz CT molecular complexity index is 1380. The SMILES string of the molecule is COc1cc(CO)cc(I)c1O[C@H]1C=C(C(=O)NCCO)C[C@@H](N(Cc2ccc3c(c2)OCO3)C(=O)CC2CCCC2)[C@@H]1O. The molecule has 3 aliphatic rings. The average molecular weight is 723 g/mol. The van der Waals surface area contributed by atoms with E-state index in [1.165, 1.54) is 7.11 Å². The molecule has 12 heteroatoms. The number of hydrogen-bond acceptors (Lipinski definition) is 9. The maximum Gasteiger partial charge on any atom is 0.247 e. The van der Waals surface area contributed by atoms with Crippen molar-refractivity contribution >= 4 is 34.4 Å². The van der Waals surface area contributed by atoms with Crippen molar-refractivity contribution in [2.75, 3.05) is 27.1 Å². The van der Waals surface area contributed by atoms with Crippen molar-refractivity contribution in [2.24, 2.45) is 5.92 Å². The van der Waals surface area contributed by atoms with Crippen LogP contribution in [0.4, 0.5) is 0 Å². The molecule has 5 rings (SSSR count). The highest BCUT2D eigenvalue weighted by atomic mass is 127. The maximum atomic E-state index is 14.0. The van der Waals surface area contributed by atoms with E-state index in [-0.39, 0.29) is 51.3 Å². The van der Waals surface area contributed by atoms with Crippen LogP contribution in [0.1, 0.15) is 49.7 Å². The third kappa shape index (κ3) is 7.41. The Kier molecular flexibility index (Phi) is 10.9. The molecule has 3 atom stereocenters. The summed E-state index contributed by atoms with van der Waals surface area (Å²) in [6, 6.07) is 8.12. The zero-order chi connectivity index (χ0) is 31.2. The normalized spacial score (nSPS) is 21.1. The number of ether oxygens (including phenoxy) is 4. The van der Waals surface area contributed by atoms with Crippen molar-refractivity contribution in [1.82, 2.24) is 10.2 Å². The summed E-state index contributed by atoms with van der Waals surface area (Å²) in [7, 11) is 1.48. The van der Waals surface area contributed by atoms with Gasteiger partial charge in [0.2, 0.25) is 18.6 Å². The smallest absolute Gasteiger partial charge is 0.247 e. The molecule has 4 N–H and O–H groups in total. The zero-order valence-corrected chi connectivity index (χ0v) is 26.8. The molecule has 11 nitrogen and oxygen atoms in total. The van der Waals surface area contributed by atoms with Gasteiger partial charge in [-0.05, 0) is 82.8 Å². The predicted molar refractivity (Wildman–Crippen MR) is 168 cm³/mol. The Morgan fingerprint density at radius 3 is 2.59 bits per heavy atom. The van der Waals surface area contributed by atoms with Crippen molar-refractivity contribution in [2.45, 2.75) is 69.9 Å². The molecule has 0 unspecified atom stereocenters. The Morgan fingerprint density at radius 2 is 1.86 bits per heavy atom. The van der Waals surface area contributed by atoms with Gasteiger partial charge >= 0.3 is 0 Å². The van der Waals surface area contributed by atoms with E-state index in [2.05, 4.69) is 27.9 Å². The van der Waals surface area contributed by atoms with E-state index in [1.807, 2.05) is 12.1 Å². The summed E-state index contributed by atoms with van der Waals surface area (Å²) in [6.07, 6.45) is 3.97. The molecule has 0 bridgehead atoms. The largest absolute Gasteiger partial charge is 0.493 e. The summed E-state index contributed by atoms with van der Waals surface area (Å²) in [5.74, 6) is 1.69. The number of carbonyl (C=O) groups is 2. The molecule has 1 fully saturated rings. The lowest BCUT2D eigenvalue weighted by Crippen LogP contribution is -2.55. The first kappa shape index (κ1) is 32.3. The number of nitrogens with one attached hydrogen (secondary N) is 1. The van der Waals surface area contributed by atoms with Crippen LogP contribution >= 0.6 is 22.6 Å². The zero-order valence-electron chi connectivity index (χ0n) is 24.7. The van der Waals surface area contributed by atoms with E-state index < -0.39 is 24.2 Å². The fraction of sp³-hybridized carbons (Fsp3) is 0.500. The number of halogens is 1. The molecule has 2 aliphatic carbocycles. The standard InChI is InChI=1S/C32H39IN2O9/c1-41-28-12-21(17-37)10-23(33)31(28)44-27-15-22(32(40)34-8-9-36)14-24(30(27)39)35(29(38)13-19-4-2-3-5-19)16-20-6-7-25-26(11-20)43-18-42-25/h6-7,10-12,15,19,24,27,30,36-37,39H,2-5,8-9,13-14,16-18H2,1H3,(H,34,40)/t24-,27+,30+/m1/s1. The molecule has 0 aromatic heterocycles. The molecule has 0 saturated heterocycles. The van der Waals surface area contributed by atoms with Gasteiger partial charge in [-0.25, -0.2) is 0 Å². The van der Waals surface area contributed by atoms with Crippen LogP contribution in [0.25, 0.3) is 0 Å². The van der Waals surface area contributed by atoms with Gasteiger partial charge in [-0.3, -0.25) is 9.59 Å². The topological polar surface area (TPSA) is 147 Å². The van der Waals surface area contributed by atoms with Gasteiger partial charge in [-0.15, -0.1) is 0 Å². The van der Waals surface area contributed by atoms with E-state index in [0.29, 0.717) is 44.1 Å². The summed E-state index contributed by atoms with van der Waals surface area (Å²) < 4.78 is 23.6. The van der Waals surface area contributed by atoms with E-state index >= 15 is 0 Å². The van der Waals surface area contributed by atoms with Crippen molar-refractivity contribution in [3.63, 3.8) is 0 Å². The average Bonchev–Trinajstić information content (AvgIpc) is 3.72. The first-order valence-corrected chi connectivity index (χ1v) is 16.0. The van der Waals surface area contributed by atoms with E-state index in [1.54, 1.807) is 29.2 Å². The van der Waals surface area contributed by atoms with Gasteiger partial charge in [-0.2, -0.15) is 0 Å². The van der Waals surface area contributed by atoms with Gasteiger partial charge in [0.15, 0.2) is 23.0 Å². The maximum absolute atomic E-state index is 14.0. The summed E-state index contributed by atoms with van der Waals surface area (Å²) >= 11 is 2.07. The second kappa shape index (κ2) is 14.8. The number of benzene rings is 2. The van der Waals surface area contributed by atoms with Crippen molar-refractivity contribution in [3.05, 3.63) is 56.7 Å². The number of methoxy groups -OCH3 is 1. The molecule has 2 aromatic carbocycles. The minimum Gasteiger partial charge on any atom is -0.493 e. The highest BCUT2D eigenvalue weighted by molar-refractivity contribution is 14.1. The Labute approximate surface area is 270 Å². The van der Waals surface area contributed by atoms with Gasteiger partial charge in [-0.1, -0.05) is 18.9 Å². The van der Waals surface area contributed by atoms with E-state index in [4.69, 9.17) is 18.9 Å². The van der Waals surface area contributed by atoms with Crippen LogP contribution in [0.5, 0.6) is 23.0 Å². The Morgan fingerprint density at radius 1 is 1.09 bits per heavy atom. The summed E-state index contributed by atoms with van der Waals surface area (Å²) in [5, 5.41) is 33.5. The van der Waals surface area contributed by atoms with Crippen LogP contribution < -0.4 is 24.3 Å². The lowest BCUT2D eigenvalue weighted by molar-refractivity contribution is -0.140. The number of fused-ring (bicyclic) bond motifs is 1. The quantitative estimate of drug-likeness (QED) is 0.243. The van der Waals surface area contributed by atoms with Gasteiger partial charge in [0.05, 0.1) is 29.9 Å². The Hall–Kier alpha value is -3.07. The first-order valence-electron chi connectivity index (χ1n) is 14.9. The molecule has 0 spiro atoms. The highest BCUT2D eigenvalue weighted by Gasteiger charge is 2.41. The number of nitrogens with zero attached hydrogens (tertiary/aromatic N) is 1. The number of rotatable bonds is 12. The van der Waals surface area contributed by atoms with Crippen LogP contribution in [0.2, 0.25) is 0 Å². The van der Waals surface area contributed by atoms with Crippen LogP contribution in [0, 0.1) is 9.49 Å². The number of hydrogen-bond donors (Lipinski definition) is 4. The second-order valence-corrected chi connectivity index (χ2v) is 12.5. The highest BCUT2D eigenvalue weighted by Crippen LogP contribution is 2.39. The number of amides is 2. The number of aliphatic hydroxyl groups excluding tert-OH is 3. The molecule has 1 heterocycles. The van der Waals surface area contributed by atoms with E-state index in [0.717, 1.165) is 31.2 Å². The summed E-state index contributed by atoms with van der Waals surface area (Å²) in [4.78, 5) is 28.9. The minimum absolute atomic E-state index is 0.0603. The lowest BCUT2D eigenvalue weighted by atomic mass is 9.87.